The summed E-state index contributed by atoms with van der Waals surface area (Å²) in [7, 11) is 0. The van der Waals surface area contributed by atoms with E-state index < -0.39 is 5.54 Å². The predicted octanol–water partition coefficient (Wildman–Crippen LogP) is 3.01. The molecule has 1 amide bonds. The zero-order valence-electron chi connectivity index (χ0n) is 13.9. The van der Waals surface area contributed by atoms with Gasteiger partial charge in [0.15, 0.2) is 0 Å². The molecular formula is C18H22ClN3O2. The van der Waals surface area contributed by atoms with E-state index >= 15 is 0 Å². The molecule has 6 heteroatoms. The quantitative estimate of drug-likeness (QED) is 0.843. The number of anilines is 1. The number of carbonyl (C=O) groups excluding carboxylic acids is 1. The number of hydrogen-bond donors (Lipinski definition) is 2. The molecule has 1 aromatic heterocycles. The Bertz CT molecular complexity index is 784. The average Bonchev–Trinajstić information content (AvgIpc) is 2.52. The Morgan fingerprint density at radius 2 is 2.00 bits per heavy atom. The topological polar surface area (TPSA) is 77.1 Å². The molecule has 0 saturated carbocycles. The highest BCUT2D eigenvalue weighted by atomic mass is 35.5. The summed E-state index contributed by atoms with van der Waals surface area (Å²) in [5.74, 6) is -0.271. The second-order valence-corrected chi connectivity index (χ2v) is 6.50. The van der Waals surface area contributed by atoms with Gasteiger partial charge in [0.2, 0.25) is 5.91 Å². The predicted molar refractivity (Wildman–Crippen MR) is 97.4 cm³/mol. The van der Waals surface area contributed by atoms with E-state index in [2.05, 4.69) is 5.32 Å². The molecule has 1 unspecified atom stereocenters. The molecule has 5 nitrogen and oxygen atoms in total. The third-order valence-electron chi connectivity index (χ3n) is 3.83. The number of benzene rings is 1. The van der Waals surface area contributed by atoms with Gasteiger partial charge in [-0.3, -0.25) is 9.59 Å². The molecule has 0 spiro atoms. The van der Waals surface area contributed by atoms with Crippen LogP contribution in [0, 0.1) is 0 Å². The van der Waals surface area contributed by atoms with Crippen molar-refractivity contribution < 1.29 is 4.79 Å². The Morgan fingerprint density at radius 3 is 2.67 bits per heavy atom. The van der Waals surface area contributed by atoms with E-state index in [0.29, 0.717) is 23.7 Å². The first kappa shape index (κ1) is 18.2. The minimum absolute atomic E-state index is 0.169. The maximum Gasteiger partial charge on any atom is 0.250 e. The molecule has 1 aromatic carbocycles. The highest BCUT2D eigenvalue weighted by molar-refractivity contribution is 6.31. The van der Waals surface area contributed by atoms with Crippen LogP contribution in [0.1, 0.15) is 32.3 Å². The molecule has 128 valence electrons. The number of nitrogens with one attached hydrogen (secondary N) is 1. The molecule has 1 heterocycles. The first-order valence-electron chi connectivity index (χ1n) is 7.87. The standard InChI is InChI=1S/C18H22ClN3O2/c1-3-10-18(2,20)17(24)21-14-8-9-16(23)22(12-14)11-13-6-4-5-7-15(13)19/h4-9,12H,3,10-11,20H2,1-2H3,(H,21,24). The van der Waals surface area contributed by atoms with Crippen LogP contribution < -0.4 is 16.6 Å². The van der Waals surface area contributed by atoms with Crippen LogP contribution >= 0.6 is 11.6 Å². The fourth-order valence-corrected chi connectivity index (χ4v) is 2.64. The Kier molecular flexibility index (Phi) is 5.80. The van der Waals surface area contributed by atoms with Crippen molar-refractivity contribution in [1.82, 2.24) is 4.57 Å². The number of pyridine rings is 1. The zero-order chi connectivity index (χ0) is 17.7. The van der Waals surface area contributed by atoms with Crippen molar-refractivity contribution in [2.24, 2.45) is 5.73 Å². The molecule has 3 N–H and O–H groups in total. The zero-order valence-corrected chi connectivity index (χ0v) is 14.6. The molecular weight excluding hydrogens is 326 g/mol. The number of amides is 1. The van der Waals surface area contributed by atoms with Gasteiger partial charge in [0.1, 0.15) is 0 Å². The van der Waals surface area contributed by atoms with Gasteiger partial charge in [-0.1, -0.05) is 43.1 Å². The summed E-state index contributed by atoms with van der Waals surface area (Å²) in [4.78, 5) is 24.3. The molecule has 0 saturated heterocycles. The number of carbonyl (C=O) groups is 1. The highest BCUT2D eigenvalue weighted by Crippen LogP contribution is 2.17. The SMILES string of the molecule is CCCC(C)(N)C(=O)Nc1ccc(=O)n(Cc2ccccc2Cl)c1. The van der Waals surface area contributed by atoms with E-state index in [-0.39, 0.29) is 11.5 Å². The Hall–Kier alpha value is -2.11. The van der Waals surface area contributed by atoms with Crippen LogP contribution in [0.5, 0.6) is 0 Å². The third-order valence-corrected chi connectivity index (χ3v) is 4.20. The van der Waals surface area contributed by atoms with Crippen LogP contribution in [0.4, 0.5) is 5.69 Å². The first-order valence-corrected chi connectivity index (χ1v) is 8.25. The minimum atomic E-state index is -0.946. The lowest BCUT2D eigenvalue weighted by Gasteiger charge is -2.23. The van der Waals surface area contributed by atoms with Crippen LogP contribution in [-0.2, 0) is 11.3 Å². The van der Waals surface area contributed by atoms with Gasteiger partial charge in [0.05, 0.1) is 17.8 Å². The van der Waals surface area contributed by atoms with Crippen molar-refractivity contribution in [3.05, 3.63) is 63.5 Å². The van der Waals surface area contributed by atoms with E-state index in [9.17, 15) is 9.59 Å². The molecule has 0 fully saturated rings. The van der Waals surface area contributed by atoms with Gasteiger partial charge in [-0.2, -0.15) is 0 Å². The van der Waals surface area contributed by atoms with E-state index in [0.717, 1.165) is 12.0 Å². The van der Waals surface area contributed by atoms with E-state index in [1.54, 1.807) is 25.3 Å². The Morgan fingerprint density at radius 1 is 1.29 bits per heavy atom. The lowest BCUT2D eigenvalue weighted by Crippen LogP contribution is -2.48. The van der Waals surface area contributed by atoms with Gasteiger partial charge in [0, 0.05) is 17.3 Å². The van der Waals surface area contributed by atoms with Crippen molar-refractivity contribution in [2.75, 3.05) is 5.32 Å². The normalized spacial score (nSPS) is 13.3. The molecule has 0 radical (unpaired) electrons. The lowest BCUT2D eigenvalue weighted by molar-refractivity contribution is -0.120. The molecule has 24 heavy (non-hydrogen) atoms. The first-order chi connectivity index (χ1) is 11.3. The molecule has 0 aliphatic carbocycles. The largest absolute Gasteiger partial charge is 0.323 e. The van der Waals surface area contributed by atoms with Crippen molar-refractivity contribution in [3.8, 4) is 0 Å². The average molecular weight is 348 g/mol. The summed E-state index contributed by atoms with van der Waals surface area (Å²) in [6.45, 7) is 4.00. The lowest BCUT2D eigenvalue weighted by atomic mass is 9.96. The van der Waals surface area contributed by atoms with Crippen LogP contribution in [0.3, 0.4) is 0 Å². The summed E-state index contributed by atoms with van der Waals surface area (Å²) >= 11 is 6.14. The van der Waals surface area contributed by atoms with Crippen molar-refractivity contribution in [2.45, 2.75) is 38.8 Å². The summed E-state index contributed by atoms with van der Waals surface area (Å²) < 4.78 is 1.50. The van der Waals surface area contributed by atoms with Crippen LogP contribution in [0.2, 0.25) is 5.02 Å². The minimum Gasteiger partial charge on any atom is -0.323 e. The summed E-state index contributed by atoms with van der Waals surface area (Å²) in [5.41, 5.74) is 6.28. The maximum atomic E-state index is 12.3. The van der Waals surface area contributed by atoms with Crippen molar-refractivity contribution in [1.29, 1.82) is 0 Å². The number of rotatable bonds is 6. The molecule has 0 bridgehead atoms. The summed E-state index contributed by atoms with van der Waals surface area (Å²) in [6.07, 6.45) is 3.00. The number of nitrogens with two attached hydrogens (primary N) is 1. The number of hydrogen-bond acceptors (Lipinski definition) is 3. The van der Waals surface area contributed by atoms with Gasteiger partial charge >= 0.3 is 0 Å². The van der Waals surface area contributed by atoms with Gasteiger partial charge in [0.25, 0.3) is 5.56 Å². The Labute approximate surface area is 146 Å². The fourth-order valence-electron chi connectivity index (χ4n) is 2.45. The van der Waals surface area contributed by atoms with Crippen molar-refractivity contribution >= 4 is 23.2 Å². The second-order valence-electron chi connectivity index (χ2n) is 6.10. The van der Waals surface area contributed by atoms with E-state index in [1.807, 2.05) is 25.1 Å². The maximum absolute atomic E-state index is 12.3. The van der Waals surface area contributed by atoms with Crippen LogP contribution in [0.15, 0.2) is 47.4 Å². The monoisotopic (exact) mass is 347 g/mol. The molecule has 0 aliphatic rings. The van der Waals surface area contributed by atoms with Gasteiger partial charge in [-0.05, 0) is 31.0 Å². The smallest absolute Gasteiger partial charge is 0.250 e. The molecule has 2 aromatic rings. The van der Waals surface area contributed by atoms with E-state index in [4.69, 9.17) is 17.3 Å². The Balaban J connectivity index is 2.21. The molecule has 2 rings (SSSR count). The number of halogens is 1. The van der Waals surface area contributed by atoms with E-state index in [1.165, 1.54) is 10.6 Å². The van der Waals surface area contributed by atoms with Gasteiger partial charge in [-0.15, -0.1) is 0 Å². The summed E-state index contributed by atoms with van der Waals surface area (Å²) in [5, 5.41) is 3.37. The molecule has 1 atom stereocenters. The van der Waals surface area contributed by atoms with Crippen LogP contribution in [0.25, 0.3) is 0 Å². The van der Waals surface area contributed by atoms with Gasteiger partial charge in [-0.25, -0.2) is 0 Å². The fraction of sp³-hybridized carbons (Fsp3) is 0.333. The highest BCUT2D eigenvalue weighted by Gasteiger charge is 2.27. The number of nitrogens with zero attached hydrogens (tertiary/aromatic N) is 1. The third kappa shape index (κ3) is 4.46. The van der Waals surface area contributed by atoms with Crippen molar-refractivity contribution in [3.63, 3.8) is 0 Å². The second kappa shape index (κ2) is 7.64. The van der Waals surface area contributed by atoms with Crippen LogP contribution in [-0.4, -0.2) is 16.0 Å². The number of aromatic nitrogens is 1. The summed E-state index contributed by atoms with van der Waals surface area (Å²) in [6, 6.07) is 10.3. The molecule has 0 aliphatic heterocycles. The van der Waals surface area contributed by atoms with Gasteiger partial charge < -0.3 is 15.6 Å².